The van der Waals surface area contributed by atoms with E-state index in [4.69, 9.17) is 4.74 Å². The Morgan fingerprint density at radius 2 is 2.33 bits per heavy atom. The van der Waals surface area contributed by atoms with Gasteiger partial charge in [0.1, 0.15) is 5.75 Å². The Hall–Kier alpha value is -0.800. The summed E-state index contributed by atoms with van der Waals surface area (Å²) in [6.07, 6.45) is 2.24. The first-order valence-electron chi connectivity index (χ1n) is 5.18. The summed E-state index contributed by atoms with van der Waals surface area (Å²) in [7, 11) is 1.70. The quantitative estimate of drug-likeness (QED) is 0.776. The van der Waals surface area contributed by atoms with Crippen molar-refractivity contribution < 1.29 is 4.74 Å². The molecule has 0 aromatic carbocycles. The fourth-order valence-corrected chi connectivity index (χ4v) is 2.30. The highest BCUT2D eigenvalue weighted by Gasteiger charge is 2.10. The van der Waals surface area contributed by atoms with Crippen molar-refractivity contribution in [1.29, 1.82) is 0 Å². The van der Waals surface area contributed by atoms with E-state index < -0.39 is 0 Å². The summed E-state index contributed by atoms with van der Waals surface area (Å²) in [5.41, 5.74) is 1.33. The SMILES string of the molecule is CCNC(C=C(C)C)c1cc(OC)cs1. The number of allylic oxidation sites excluding steroid dienone is 1. The number of likely N-dealkylation sites (N-methyl/N-ethyl adjacent to an activating group) is 1. The van der Waals surface area contributed by atoms with Crippen molar-refractivity contribution in [3.05, 3.63) is 28.0 Å². The van der Waals surface area contributed by atoms with E-state index in [2.05, 4.69) is 38.2 Å². The molecule has 1 N–H and O–H groups in total. The lowest BCUT2D eigenvalue weighted by atomic mass is 10.1. The van der Waals surface area contributed by atoms with Crippen molar-refractivity contribution in [2.45, 2.75) is 26.8 Å². The van der Waals surface area contributed by atoms with Gasteiger partial charge in [0.2, 0.25) is 0 Å². The zero-order valence-electron chi connectivity index (χ0n) is 9.83. The molecule has 2 nitrogen and oxygen atoms in total. The van der Waals surface area contributed by atoms with Crippen molar-refractivity contribution >= 4 is 11.3 Å². The largest absolute Gasteiger partial charge is 0.496 e. The second-order valence-electron chi connectivity index (χ2n) is 3.67. The Bertz CT molecular complexity index is 326. The number of hydrogen-bond acceptors (Lipinski definition) is 3. The maximum absolute atomic E-state index is 5.19. The van der Waals surface area contributed by atoms with Gasteiger partial charge in [-0.05, 0) is 26.5 Å². The zero-order chi connectivity index (χ0) is 11.3. The molecule has 84 valence electrons. The van der Waals surface area contributed by atoms with Crippen LogP contribution in [0.15, 0.2) is 23.1 Å². The summed E-state index contributed by atoms with van der Waals surface area (Å²) in [6.45, 7) is 7.33. The maximum Gasteiger partial charge on any atom is 0.129 e. The average molecular weight is 225 g/mol. The third-order valence-corrected chi connectivity index (χ3v) is 3.06. The summed E-state index contributed by atoms with van der Waals surface area (Å²) >= 11 is 1.73. The molecule has 1 rings (SSSR count). The molecule has 1 atom stereocenters. The number of rotatable bonds is 5. The minimum Gasteiger partial charge on any atom is -0.496 e. The van der Waals surface area contributed by atoms with E-state index in [9.17, 15) is 0 Å². The Kier molecular flexibility index (Phi) is 4.85. The highest BCUT2D eigenvalue weighted by Crippen LogP contribution is 2.28. The van der Waals surface area contributed by atoms with Gasteiger partial charge in [-0.15, -0.1) is 11.3 Å². The number of methoxy groups -OCH3 is 1. The molecule has 0 saturated heterocycles. The first-order valence-corrected chi connectivity index (χ1v) is 6.06. The Labute approximate surface area is 96.0 Å². The predicted molar refractivity (Wildman–Crippen MR) is 66.7 cm³/mol. The van der Waals surface area contributed by atoms with Crippen molar-refractivity contribution in [2.24, 2.45) is 0 Å². The van der Waals surface area contributed by atoms with Gasteiger partial charge in [-0.25, -0.2) is 0 Å². The normalized spacial score (nSPS) is 12.3. The molecule has 1 unspecified atom stereocenters. The van der Waals surface area contributed by atoms with Gasteiger partial charge in [0.15, 0.2) is 0 Å². The molecular weight excluding hydrogens is 206 g/mol. The van der Waals surface area contributed by atoms with Crippen LogP contribution in [0.1, 0.15) is 31.7 Å². The lowest BCUT2D eigenvalue weighted by Crippen LogP contribution is -2.18. The van der Waals surface area contributed by atoms with E-state index in [1.165, 1.54) is 10.5 Å². The number of nitrogens with one attached hydrogen (secondary N) is 1. The third-order valence-electron chi connectivity index (χ3n) is 2.06. The topological polar surface area (TPSA) is 21.3 Å². The molecule has 0 aliphatic carbocycles. The molecule has 0 spiro atoms. The monoisotopic (exact) mass is 225 g/mol. The lowest BCUT2D eigenvalue weighted by Gasteiger charge is -2.12. The molecule has 15 heavy (non-hydrogen) atoms. The second-order valence-corrected chi connectivity index (χ2v) is 4.61. The molecular formula is C12H19NOS. The third kappa shape index (κ3) is 3.68. The summed E-state index contributed by atoms with van der Waals surface area (Å²) < 4.78 is 5.19. The van der Waals surface area contributed by atoms with Crippen LogP contribution in [0.25, 0.3) is 0 Å². The minimum absolute atomic E-state index is 0.314. The molecule has 0 saturated carbocycles. The van der Waals surface area contributed by atoms with Crippen molar-refractivity contribution in [2.75, 3.05) is 13.7 Å². The van der Waals surface area contributed by atoms with Gasteiger partial charge in [-0.1, -0.05) is 18.6 Å². The maximum atomic E-state index is 5.19. The first-order chi connectivity index (χ1) is 7.17. The van der Waals surface area contributed by atoms with E-state index in [-0.39, 0.29) is 0 Å². The minimum atomic E-state index is 0.314. The Balaban J connectivity index is 2.83. The van der Waals surface area contributed by atoms with E-state index in [0.29, 0.717) is 6.04 Å². The average Bonchev–Trinajstić information content (AvgIpc) is 2.64. The van der Waals surface area contributed by atoms with Gasteiger partial charge < -0.3 is 10.1 Å². The molecule has 0 fully saturated rings. The van der Waals surface area contributed by atoms with Gasteiger partial charge in [0, 0.05) is 10.3 Å². The number of hydrogen-bond donors (Lipinski definition) is 1. The number of ether oxygens (including phenoxy) is 1. The Morgan fingerprint density at radius 3 is 2.80 bits per heavy atom. The molecule has 1 heterocycles. The van der Waals surface area contributed by atoms with E-state index in [0.717, 1.165) is 12.3 Å². The number of thiophene rings is 1. The zero-order valence-corrected chi connectivity index (χ0v) is 10.6. The van der Waals surface area contributed by atoms with Crippen LogP contribution in [-0.2, 0) is 0 Å². The molecule has 0 radical (unpaired) electrons. The summed E-state index contributed by atoms with van der Waals surface area (Å²) in [4.78, 5) is 1.30. The summed E-state index contributed by atoms with van der Waals surface area (Å²) in [5, 5.41) is 5.49. The Morgan fingerprint density at radius 1 is 1.60 bits per heavy atom. The van der Waals surface area contributed by atoms with Crippen LogP contribution in [-0.4, -0.2) is 13.7 Å². The lowest BCUT2D eigenvalue weighted by molar-refractivity contribution is 0.416. The van der Waals surface area contributed by atoms with Crippen LogP contribution >= 0.6 is 11.3 Å². The highest BCUT2D eigenvalue weighted by atomic mass is 32.1. The van der Waals surface area contributed by atoms with Gasteiger partial charge >= 0.3 is 0 Å². The molecule has 3 heteroatoms. The van der Waals surface area contributed by atoms with E-state index in [1.807, 2.05) is 5.38 Å². The van der Waals surface area contributed by atoms with Crippen LogP contribution < -0.4 is 10.1 Å². The van der Waals surface area contributed by atoms with Gasteiger partial charge in [0.25, 0.3) is 0 Å². The smallest absolute Gasteiger partial charge is 0.129 e. The van der Waals surface area contributed by atoms with Crippen molar-refractivity contribution in [3.63, 3.8) is 0 Å². The van der Waals surface area contributed by atoms with Crippen LogP contribution in [0, 0.1) is 0 Å². The first kappa shape index (κ1) is 12.3. The van der Waals surface area contributed by atoms with Crippen molar-refractivity contribution in [1.82, 2.24) is 5.32 Å². The highest BCUT2D eigenvalue weighted by molar-refractivity contribution is 7.10. The van der Waals surface area contributed by atoms with E-state index >= 15 is 0 Å². The van der Waals surface area contributed by atoms with Gasteiger partial charge in [-0.2, -0.15) is 0 Å². The summed E-state index contributed by atoms with van der Waals surface area (Å²) in [5.74, 6) is 0.944. The van der Waals surface area contributed by atoms with Crippen LogP contribution in [0.4, 0.5) is 0 Å². The van der Waals surface area contributed by atoms with Gasteiger partial charge in [-0.3, -0.25) is 0 Å². The molecule has 0 amide bonds. The molecule has 1 aromatic heterocycles. The molecule has 0 aliphatic rings. The fraction of sp³-hybridized carbons (Fsp3) is 0.500. The van der Waals surface area contributed by atoms with Crippen LogP contribution in [0.3, 0.4) is 0 Å². The molecule has 1 aromatic rings. The van der Waals surface area contributed by atoms with Gasteiger partial charge in [0.05, 0.1) is 13.2 Å². The van der Waals surface area contributed by atoms with Crippen molar-refractivity contribution in [3.8, 4) is 5.75 Å². The van der Waals surface area contributed by atoms with E-state index in [1.54, 1.807) is 18.4 Å². The molecule has 0 bridgehead atoms. The van der Waals surface area contributed by atoms with Crippen LogP contribution in [0.5, 0.6) is 5.75 Å². The fourth-order valence-electron chi connectivity index (χ4n) is 1.40. The summed E-state index contributed by atoms with van der Waals surface area (Å²) in [6, 6.07) is 2.41. The second kappa shape index (κ2) is 5.93. The standard InChI is InChI=1S/C12H19NOS/c1-5-13-11(6-9(2)3)12-7-10(14-4)8-15-12/h6-8,11,13H,5H2,1-4H3. The predicted octanol–water partition coefficient (Wildman–Crippen LogP) is 3.37. The van der Waals surface area contributed by atoms with Crippen LogP contribution in [0.2, 0.25) is 0 Å². The molecule has 0 aliphatic heterocycles.